The van der Waals surface area contributed by atoms with Gasteiger partial charge < -0.3 is 21.3 Å². The largest absolute Gasteiger partial charge is 0.354 e. The average Bonchev–Trinajstić information content (AvgIpc) is 2.74. The van der Waals surface area contributed by atoms with Crippen molar-refractivity contribution in [3.8, 4) is 0 Å². The van der Waals surface area contributed by atoms with E-state index >= 15 is 0 Å². The number of hydrogen-bond donors (Lipinski definition) is 4. The SMILES string of the molecule is CNC(=O)c1cc(CNCCCC2CNCCN2)cc(Cc2ccccc2)n1. The zero-order valence-corrected chi connectivity index (χ0v) is 16.6. The van der Waals surface area contributed by atoms with E-state index in [1.165, 1.54) is 12.0 Å². The number of carbonyl (C=O) groups excluding carboxylic acids is 1. The molecule has 150 valence electrons. The number of rotatable bonds is 9. The van der Waals surface area contributed by atoms with E-state index in [9.17, 15) is 4.79 Å². The first-order valence-electron chi connectivity index (χ1n) is 10.2. The Hall–Kier alpha value is -2.28. The molecule has 6 heteroatoms. The highest BCUT2D eigenvalue weighted by Crippen LogP contribution is 2.12. The summed E-state index contributed by atoms with van der Waals surface area (Å²) >= 11 is 0. The van der Waals surface area contributed by atoms with Gasteiger partial charge in [-0.1, -0.05) is 30.3 Å². The Kier molecular flexibility index (Phi) is 7.96. The summed E-state index contributed by atoms with van der Waals surface area (Å²) in [5.74, 6) is -0.146. The molecular formula is C22H31N5O. The monoisotopic (exact) mass is 381 g/mol. The fourth-order valence-electron chi connectivity index (χ4n) is 3.52. The molecule has 0 aliphatic carbocycles. The van der Waals surface area contributed by atoms with E-state index < -0.39 is 0 Å². The van der Waals surface area contributed by atoms with Crippen LogP contribution in [0.4, 0.5) is 0 Å². The van der Waals surface area contributed by atoms with Gasteiger partial charge >= 0.3 is 0 Å². The Morgan fingerprint density at radius 1 is 1.18 bits per heavy atom. The van der Waals surface area contributed by atoms with Crippen LogP contribution in [0.15, 0.2) is 42.5 Å². The van der Waals surface area contributed by atoms with Crippen LogP contribution in [0.25, 0.3) is 0 Å². The Labute approximate surface area is 167 Å². The van der Waals surface area contributed by atoms with Crippen molar-refractivity contribution in [1.82, 2.24) is 26.3 Å². The zero-order valence-electron chi connectivity index (χ0n) is 16.6. The van der Waals surface area contributed by atoms with Gasteiger partial charge in [-0.15, -0.1) is 0 Å². The molecule has 4 N–H and O–H groups in total. The van der Waals surface area contributed by atoms with Crippen molar-refractivity contribution < 1.29 is 4.79 Å². The molecule has 1 aliphatic heterocycles. The molecule has 3 rings (SSSR count). The molecule has 0 saturated carbocycles. The van der Waals surface area contributed by atoms with E-state index in [0.29, 0.717) is 11.7 Å². The van der Waals surface area contributed by atoms with E-state index in [2.05, 4.69) is 44.5 Å². The highest BCUT2D eigenvalue weighted by Gasteiger charge is 2.12. The minimum Gasteiger partial charge on any atom is -0.354 e. The minimum absolute atomic E-state index is 0.146. The first-order valence-corrected chi connectivity index (χ1v) is 10.2. The number of nitrogens with one attached hydrogen (secondary N) is 4. The van der Waals surface area contributed by atoms with Crippen LogP contribution in [0.3, 0.4) is 0 Å². The van der Waals surface area contributed by atoms with Crippen LogP contribution in [-0.2, 0) is 13.0 Å². The normalized spacial score (nSPS) is 16.7. The van der Waals surface area contributed by atoms with E-state index in [-0.39, 0.29) is 5.91 Å². The second-order valence-electron chi connectivity index (χ2n) is 7.27. The molecule has 0 spiro atoms. The number of piperazine rings is 1. The maximum atomic E-state index is 12.1. The maximum Gasteiger partial charge on any atom is 0.269 e. The molecule has 1 fully saturated rings. The summed E-state index contributed by atoms with van der Waals surface area (Å²) in [7, 11) is 1.64. The van der Waals surface area contributed by atoms with E-state index in [1.807, 2.05) is 24.3 Å². The first kappa shape index (κ1) is 20.5. The van der Waals surface area contributed by atoms with Crippen molar-refractivity contribution in [2.45, 2.75) is 31.8 Å². The molecular weight excluding hydrogens is 350 g/mol. The van der Waals surface area contributed by atoms with E-state index in [1.54, 1.807) is 7.05 Å². The van der Waals surface area contributed by atoms with Gasteiger partial charge in [0.2, 0.25) is 0 Å². The van der Waals surface area contributed by atoms with Crippen molar-refractivity contribution >= 4 is 5.91 Å². The number of nitrogens with zero attached hydrogens (tertiary/aromatic N) is 1. The summed E-state index contributed by atoms with van der Waals surface area (Å²) in [5.41, 5.74) is 3.68. The molecule has 1 aromatic carbocycles. The molecule has 1 aliphatic rings. The third kappa shape index (κ3) is 6.41. The van der Waals surface area contributed by atoms with Crippen molar-refractivity contribution in [3.05, 3.63) is 65.0 Å². The zero-order chi connectivity index (χ0) is 19.6. The molecule has 28 heavy (non-hydrogen) atoms. The number of hydrogen-bond acceptors (Lipinski definition) is 5. The predicted octanol–water partition coefficient (Wildman–Crippen LogP) is 1.46. The molecule has 2 aromatic rings. The second kappa shape index (κ2) is 10.9. The molecule has 1 aromatic heterocycles. The molecule has 1 atom stereocenters. The molecule has 0 bridgehead atoms. The van der Waals surface area contributed by atoms with Gasteiger partial charge in [0.25, 0.3) is 5.91 Å². The fraction of sp³-hybridized carbons (Fsp3) is 0.455. The Bertz CT molecular complexity index is 744. The number of aromatic nitrogens is 1. The molecule has 0 radical (unpaired) electrons. The molecule has 6 nitrogen and oxygen atoms in total. The van der Waals surface area contributed by atoms with Crippen molar-refractivity contribution in [2.24, 2.45) is 0 Å². The van der Waals surface area contributed by atoms with Crippen LogP contribution in [0, 0.1) is 0 Å². The van der Waals surface area contributed by atoms with Gasteiger partial charge in [0.05, 0.1) is 0 Å². The third-order valence-electron chi connectivity index (χ3n) is 4.99. The highest BCUT2D eigenvalue weighted by molar-refractivity contribution is 5.92. The van der Waals surface area contributed by atoms with Gasteiger partial charge in [0.15, 0.2) is 0 Å². The first-order chi connectivity index (χ1) is 13.7. The lowest BCUT2D eigenvalue weighted by Crippen LogP contribution is -2.48. The van der Waals surface area contributed by atoms with Crippen LogP contribution in [0.1, 0.15) is 40.2 Å². The smallest absolute Gasteiger partial charge is 0.269 e. The van der Waals surface area contributed by atoms with E-state index in [0.717, 1.165) is 56.8 Å². The van der Waals surface area contributed by atoms with Crippen LogP contribution >= 0.6 is 0 Å². The molecule has 1 unspecified atom stereocenters. The maximum absolute atomic E-state index is 12.1. The van der Waals surface area contributed by atoms with Gasteiger partial charge in [0.1, 0.15) is 5.69 Å². The van der Waals surface area contributed by atoms with Crippen molar-refractivity contribution in [3.63, 3.8) is 0 Å². The predicted molar refractivity (Wildman–Crippen MR) is 112 cm³/mol. The second-order valence-corrected chi connectivity index (χ2v) is 7.27. The lowest BCUT2D eigenvalue weighted by atomic mass is 10.1. The molecule has 2 heterocycles. The number of pyridine rings is 1. The number of benzene rings is 1. The summed E-state index contributed by atoms with van der Waals surface area (Å²) in [5, 5.41) is 13.2. The highest BCUT2D eigenvalue weighted by atomic mass is 16.1. The lowest BCUT2D eigenvalue weighted by Gasteiger charge is -2.24. The third-order valence-corrected chi connectivity index (χ3v) is 4.99. The van der Waals surface area contributed by atoms with E-state index in [4.69, 9.17) is 0 Å². The number of amides is 1. The Morgan fingerprint density at radius 2 is 2.04 bits per heavy atom. The van der Waals surface area contributed by atoms with Gasteiger partial charge in [-0.05, 0) is 42.6 Å². The minimum atomic E-state index is -0.146. The Balaban J connectivity index is 1.56. The standard InChI is InChI=1S/C22H31N5O/c1-23-22(28)21-14-18(13-20(27-21)12-17-6-3-2-4-7-17)15-24-9-5-8-19-16-25-10-11-26-19/h2-4,6-7,13-14,19,24-26H,5,8-12,15-16H2,1H3,(H,23,28). The van der Waals surface area contributed by atoms with Crippen LogP contribution in [0.2, 0.25) is 0 Å². The number of carbonyl (C=O) groups is 1. The summed E-state index contributed by atoms with van der Waals surface area (Å²) in [6.45, 7) is 4.88. The lowest BCUT2D eigenvalue weighted by molar-refractivity contribution is 0.0958. The van der Waals surface area contributed by atoms with Crippen molar-refractivity contribution in [1.29, 1.82) is 0 Å². The summed E-state index contributed by atoms with van der Waals surface area (Å²) in [6.07, 6.45) is 3.02. The van der Waals surface area contributed by atoms with Gasteiger partial charge in [-0.2, -0.15) is 0 Å². The molecule has 1 amide bonds. The quantitative estimate of drug-likeness (QED) is 0.495. The fourth-order valence-corrected chi connectivity index (χ4v) is 3.52. The van der Waals surface area contributed by atoms with Crippen LogP contribution in [0.5, 0.6) is 0 Å². The Morgan fingerprint density at radius 3 is 2.79 bits per heavy atom. The summed E-state index contributed by atoms with van der Waals surface area (Å²) in [4.78, 5) is 16.7. The van der Waals surface area contributed by atoms with Gasteiger partial charge in [0, 0.05) is 51.4 Å². The topological polar surface area (TPSA) is 78.1 Å². The van der Waals surface area contributed by atoms with Crippen LogP contribution in [-0.4, -0.2) is 50.2 Å². The van der Waals surface area contributed by atoms with Crippen LogP contribution < -0.4 is 21.3 Å². The van der Waals surface area contributed by atoms with Gasteiger partial charge in [-0.3, -0.25) is 4.79 Å². The van der Waals surface area contributed by atoms with Crippen molar-refractivity contribution in [2.75, 3.05) is 33.2 Å². The molecule has 1 saturated heterocycles. The summed E-state index contributed by atoms with van der Waals surface area (Å²) in [6, 6.07) is 14.8. The van der Waals surface area contributed by atoms with Gasteiger partial charge in [-0.25, -0.2) is 4.98 Å². The average molecular weight is 382 g/mol. The summed E-state index contributed by atoms with van der Waals surface area (Å²) < 4.78 is 0.